The lowest BCUT2D eigenvalue weighted by Crippen LogP contribution is -2.07. The van der Waals surface area contributed by atoms with Crippen molar-refractivity contribution in [3.63, 3.8) is 0 Å². The van der Waals surface area contributed by atoms with Crippen LogP contribution in [0.4, 0.5) is 0 Å². The Morgan fingerprint density at radius 2 is 0.762 bits per heavy atom. The lowest BCUT2D eigenvalue weighted by molar-refractivity contribution is 0.766. The van der Waals surface area contributed by atoms with Gasteiger partial charge in [0.1, 0.15) is 21.4 Å². The van der Waals surface area contributed by atoms with E-state index in [-0.39, 0.29) is 0 Å². The summed E-state index contributed by atoms with van der Waals surface area (Å²) in [6.45, 7) is 8.80. The number of fused-ring (bicyclic) bond motifs is 4. The van der Waals surface area contributed by atoms with E-state index in [4.69, 9.17) is 20.6 Å². The van der Waals surface area contributed by atoms with Crippen LogP contribution in [0.2, 0.25) is 0 Å². The molecule has 0 amide bonds. The molecular formula is C36H34N6. The van der Waals surface area contributed by atoms with Gasteiger partial charge in [0.2, 0.25) is 0 Å². The minimum Gasteiger partial charge on any atom is -0.212 e. The van der Waals surface area contributed by atoms with E-state index >= 15 is 0 Å². The predicted octanol–water partition coefficient (Wildman–Crippen LogP) is 6.56. The normalized spacial score (nSPS) is 15.1. The van der Waals surface area contributed by atoms with E-state index in [2.05, 4.69) is 122 Å². The van der Waals surface area contributed by atoms with Gasteiger partial charge in [-0.2, -0.15) is 0 Å². The average Bonchev–Trinajstić information content (AvgIpc) is 3.67. The summed E-state index contributed by atoms with van der Waals surface area (Å²) in [6, 6.07) is 30.1. The lowest BCUT2D eigenvalue weighted by Gasteiger charge is -2.13. The molecule has 0 N–H and O–H groups in total. The standard InChI is InChI=1S/C36H34N6/c1-5-23-15-13-16-24(6-2)33(23)41-35-29-21-11-9-19-27(29)32-36(30-22-12-10-20-28(30)31(35)37-39-41)42(40-38-32)34-25(7-3)17-14-18-26(34)8-4/h9-22H,5-8H2,1-4H3/b31-28+,32-27+,35-29+,36-30+. The molecule has 1 aliphatic carbocycles. The number of hydrogen-bond donors (Lipinski definition) is 0. The third-order valence-electron chi connectivity index (χ3n) is 8.57. The van der Waals surface area contributed by atoms with Crippen molar-refractivity contribution in [2.24, 2.45) is 0 Å². The van der Waals surface area contributed by atoms with Crippen molar-refractivity contribution in [2.75, 3.05) is 0 Å². The number of benzene rings is 4. The molecule has 208 valence electrons. The van der Waals surface area contributed by atoms with E-state index in [0.29, 0.717) is 0 Å². The quantitative estimate of drug-likeness (QED) is 0.235. The van der Waals surface area contributed by atoms with Gasteiger partial charge < -0.3 is 0 Å². The van der Waals surface area contributed by atoms with Gasteiger partial charge in [-0.1, -0.05) is 123 Å². The van der Waals surface area contributed by atoms with Gasteiger partial charge in [-0.05, 0) is 47.9 Å². The minimum absolute atomic E-state index is 0.865. The fraction of sp³-hybridized carbons (Fsp3) is 0.222. The fourth-order valence-electron chi connectivity index (χ4n) is 6.49. The first kappa shape index (κ1) is 26.1. The Bertz CT molecular complexity index is 2160. The number of nitrogens with zero attached hydrogens (tertiary/aromatic N) is 6. The number of aromatic nitrogens is 6. The molecule has 0 unspecified atom stereocenters. The van der Waals surface area contributed by atoms with E-state index < -0.39 is 0 Å². The second-order valence-corrected chi connectivity index (χ2v) is 10.8. The van der Waals surface area contributed by atoms with Gasteiger partial charge in [-0.15, -0.1) is 10.2 Å². The van der Waals surface area contributed by atoms with Crippen LogP contribution in [0, 0.1) is 42.3 Å². The summed E-state index contributed by atoms with van der Waals surface area (Å²) in [5.41, 5.74) is 7.26. The topological polar surface area (TPSA) is 61.4 Å². The van der Waals surface area contributed by atoms with Crippen molar-refractivity contribution in [3.05, 3.63) is 149 Å². The highest BCUT2D eigenvalue weighted by Crippen LogP contribution is 2.24. The largest absolute Gasteiger partial charge is 0.212 e. The second-order valence-electron chi connectivity index (χ2n) is 10.8. The summed E-state index contributed by atoms with van der Waals surface area (Å²) >= 11 is 0. The number of aryl methyl sites for hydroxylation is 4. The van der Waals surface area contributed by atoms with E-state index in [1.54, 1.807) is 0 Å². The first-order valence-corrected chi connectivity index (χ1v) is 15.0. The second kappa shape index (κ2) is 10.5. The van der Waals surface area contributed by atoms with Crippen LogP contribution in [-0.2, 0) is 25.7 Å². The van der Waals surface area contributed by atoms with Gasteiger partial charge in [0, 0.05) is 20.9 Å². The van der Waals surface area contributed by atoms with Gasteiger partial charge in [0.25, 0.3) is 0 Å². The van der Waals surface area contributed by atoms with Crippen LogP contribution in [0.1, 0.15) is 49.9 Å². The molecule has 0 saturated heterocycles. The lowest BCUT2D eigenvalue weighted by atomic mass is 10.0. The molecule has 0 saturated carbocycles. The molecule has 0 radical (unpaired) electrons. The van der Waals surface area contributed by atoms with Crippen molar-refractivity contribution in [1.82, 2.24) is 30.0 Å². The van der Waals surface area contributed by atoms with Gasteiger partial charge in [-0.25, -0.2) is 9.36 Å². The Morgan fingerprint density at radius 1 is 0.429 bits per heavy atom. The van der Waals surface area contributed by atoms with Crippen LogP contribution < -0.4 is 0 Å². The van der Waals surface area contributed by atoms with E-state index in [0.717, 1.165) is 79.3 Å². The Morgan fingerprint density at radius 3 is 1.10 bits per heavy atom. The van der Waals surface area contributed by atoms with Crippen molar-refractivity contribution in [1.29, 1.82) is 0 Å². The van der Waals surface area contributed by atoms with Gasteiger partial charge in [0.05, 0.1) is 11.4 Å². The number of hydrogen-bond acceptors (Lipinski definition) is 4. The van der Waals surface area contributed by atoms with E-state index in [9.17, 15) is 0 Å². The molecule has 4 aromatic carbocycles. The molecule has 0 fully saturated rings. The molecule has 42 heavy (non-hydrogen) atoms. The number of rotatable bonds is 6. The fourth-order valence-corrected chi connectivity index (χ4v) is 6.49. The van der Waals surface area contributed by atoms with Gasteiger partial charge in [-0.3, -0.25) is 0 Å². The van der Waals surface area contributed by atoms with Crippen LogP contribution in [0.3, 0.4) is 0 Å². The third kappa shape index (κ3) is 3.86. The summed E-state index contributed by atoms with van der Waals surface area (Å²) in [5, 5.41) is 27.4. The summed E-state index contributed by atoms with van der Waals surface area (Å²) in [7, 11) is 0. The van der Waals surface area contributed by atoms with Crippen LogP contribution in [0.5, 0.6) is 0 Å². The van der Waals surface area contributed by atoms with Gasteiger partial charge >= 0.3 is 0 Å². The molecule has 2 aromatic heterocycles. The zero-order valence-electron chi connectivity index (χ0n) is 24.6. The van der Waals surface area contributed by atoms with Crippen molar-refractivity contribution < 1.29 is 0 Å². The molecule has 6 aromatic rings. The Kier molecular flexibility index (Phi) is 6.54. The van der Waals surface area contributed by atoms with Crippen molar-refractivity contribution in [2.45, 2.75) is 53.4 Å². The molecule has 0 aliphatic heterocycles. The van der Waals surface area contributed by atoms with E-state index in [1.165, 1.54) is 22.3 Å². The maximum absolute atomic E-state index is 4.92. The summed E-state index contributed by atoms with van der Waals surface area (Å²) in [6.07, 6.45) is 3.63. The summed E-state index contributed by atoms with van der Waals surface area (Å²) < 4.78 is 4.14. The highest BCUT2D eigenvalue weighted by molar-refractivity contribution is 5.49. The maximum atomic E-state index is 4.92. The monoisotopic (exact) mass is 550 g/mol. The zero-order valence-corrected chi connectivity index (χ0v) is 24.6. The van der Waals surface area contributed by atoms with Crippen LogP contribution >= 0.6 is 0 Å². The Labute approximate surface area is 243 Å². The molecule has 6 heteroatoms. The molecule has 7 rings (SSSR count). The SMILES string of the molecule is CCc1cccc(CC)c1-n1nnc2/c1=c1/cccc/c1=c1\nnn(-c3c(CC)cccc3CC)\c1=c1/cccc/c1=2. The molecule has 6 nitrogen and oxygen atoms in total. The first-order valence-electron chi connectivity index (χ1n) is 15.0. The highest BCUT2D eigenvalue weighted by atomic mass is 15.4. The Balaban J connectivity index is 1.82. The Hall–Kier alpha value is -4.84. The zero-order chi connectivity index (χ0) is 28.8. The summed E-state index contributed by atoms with van der Waals surface area (Å²) in [5.74, 6) is 0. The molecule has 0 atom stereocenters. The van der Waals surface area contributed by atoms with Crippen LogP contribution in [0.15, 0.2) is 84.9 Å². The molecule has 1 aliphatic rings. The molecule has 0 bridgehead atoms. The smallest absolute Gasteiger partial charge is 0.122 e. The summed E-state index contributed by atoms with van der Waals surface area (Å²) in [4.78, 5) is 0. The van der Waals surface area contributed by atoms with Crippen molar-refractivity contribution >= 4 is 0 Å². The minimum atomic E-state index is 0.865. The van der Waals surface area contributed by atoms with E-state index in [1.807, 2.05) is 0 Å². The van der Waals surface area contributed by atoms with Crippen LogP contribution in [0.25, 0.3) is 11.4 Å². The molecular weight excluding hydrogens is 516 g/mol. The number of para-hydroxylation sites is 2. The molecule has 0 spiro atoms. The average molecular weight is 551 g/mol. The first-order chi connectivity index (χ1) is 20.7. The third-order valence-corrected chi connectivity index (χ3v) is 8.57. The van der Waals surface area contributed by atoms with Gasteiger partial charge in [0.15, 0.2) is 0 Å². The predicted molar refractivity (Wildman–Crippen MR) is 164 cm³/mol. The van der Waals surface area contributed by atoms with Crippen molar-refractivity contribution in [3.8, 4) is 11.4 Å². The molecule has 2 heterocycles. The highest BCUT2D eigenvalue weighted by Gasteiger charge is 2.17. The maximum Gasteiger partial charge on any atom is 0.122 e. The van der Waals surface area contributed by atoms with Crippen LogP contribution in [-0.4, -0.2) is 30.0 Å².